The quantitative estimate of drug-likeness (QED) is 0.629. The molecule has 0 radical (unpaired) electrons. The lowest BCUT2D eigenvalue weighted by atomic mass is 10.2. The van der Waals surface area contributed by atoms with Crippen molar-refractivity contribution < 1.29 is 4.74 Å². The number of halogens is 2. The molecule has 0 saturated carbocycles. The molecular formula is C14H8BrClN2O. The summed E-state index contributed by atoms with van der Waals surface area (Å²) < 4.78 is 6.68. The van der Waals surface area contributed by atoms with Gasteiger partial charge >= 0.3 is 0 Å². The van der Waals surface area contributed by atoms with Crippen LogP contribution in [0.5, 0.6) is 11.6 Å². The van der Waals surface area contributed by atoms with E-state index in [1.165, 1.54) is 0 Å². The number of hydrogen-bond acceptors (Lipinski definition) is 3. The number of fused-ring (bicyclic) bond motifs is 1. The summed E-state index contributed by atoms with van der Waals surface area (Å²) >= 11 is 9.35. The second-order valence-corrected chi connectivity index (χ2v) is 5.04. The molecule has 1 heterocycles. The fourth-order valence-electron chi connectivity index (χ4n) is 1.73. The Morgan fingerprint density at radius 2 is 1.68 bits per heavy atom. The minimum absolute atomic E-state index is 0.167. The maximum atomic E-state index is 5.92. The Morgan fingerprint density at radius 1 is 0.947 bits per heavy atom. The minimum atomic E-state index is 0.167. The van der Waals surface area contributed by atoms with E-state index in [4.69, 9.17) is 16.3 Å². The number of aromatic nitrogens is 2. The SMILES string of the molecule is Clc1nc(Oc2ccccc2Br)c2ccccc2n1. The van der Waals surface area contributed by atoms with E-state index < -0.39 is 0 Å². The molecule has 0 amide bonds. The van der Waals surface area contributed by atoms with Crippen molar-refractivity contribution >= 4 is 38.4 Å². The van der Waals surface area contributed by atoms with Gasteiger partial charge in [-0.3, -0.25) is 0 Å². The number of hydrogen-bond donors (Lipinski definition) is 0. The van der Waals surface area contributed by atoms with E-state index in [0.717, 1.165) is 15.4 Å². The molecule has 2 aromatic carbocycles. The Morgan fingerprint density at radius 3 is 2.53 bits per heavy atom. The molecule has 0 fully saturated rings. The van der Waals surface area contributed by atoms with E-state index >= 15 is 0 Å². The predicted molar refractivity (Wildman–Crippen MR) is 78.8 cm³/mol. The van der Waals surface area contributed by atoms with Crippen LogP contribution in [0.25, 0.3) is 10.9 Å². The van der Waals surface area contributed by atoms with Gasteiger partial charge in [0.25, 0.3) is 0 Å². The van der Waals surface area contributed by atoms with Crippen LogP contribution in [0, 0.1) is 0 Å². The van der Waals surface area contributed by atoms with Crippen LogP contribution in [0.2, 0.25) is 5.28 Å². The molecule has 3 rings (SSSR count). The van der Waals surface area contributed by atoms with Crippen LogP contribution in [0.1, 0.15) is 0 Å². The third-order valence-electron chi connectivity index (χ3n) is 2.58. The molecule has 3 aromatic rings. The molecule has 0 aliphatic heterocycles. The molecular weight excluding hydrogens is 328 g/mol. The van der Waals surface area contributed by atoms with Crippen molar-refractivity contribution in [2.45, 2.75) is 0 Å². The number of benzene rings is 2. The summed E-state index contributed by atoms with van der Waals surface area (Å²) in [6, 6.07) is 15.1. The van der Waals surface area contributed by atoms with E-state index in [9.17, 15) is 0 Å². The zero-order chi connectivity index (χ0) is 13.2. The Labute approximate surface area is 123 Å². The molecule has 0 unspecified atom stereocenters. The van der Waals surface area contributed by atoms with Crippen LogP contribution >= 0.6 is 27.5 Å². The normalized spacial score (nSPS) is 10.6. The predicted octanol–water partition coefficient (Wildman–Crippen LogP) is 4.84. The van der Waals surface area contributed by atoms with Gasteiger partial charge in [-0.25, -0.2) is 4.98 Å². The van der Waals surface area contributed by atoms with Crippen molar-refractivity contribution in [1.82, 2.24) is 9.97 Å². The third kappa shape index (κ3) is 2.55. The van der Waals surface area contributed by atoms with Crippen LogP contribution in [0.15, 0.2) is 53.0 Å². The fourth-order valence-corrected chi connectivity index (χ4v) is 2.26. The third-order valence-corrected chi connectivity index (χ3v) is 3.41. The molecule has 3 nitrogen and oxygen atoms in total. The average Bonchev–Trinajstić information content (AvgIpc) is 2.41. The van der Waals surface area contributed by atoms with Gasteiger partial charge in [-0.1, -0.05) is 24.3 Å². The summed E-state index contributed by atoms with van der Waals surface area (Å²) in [6.45, 7) is 0. The van der Waals surface area contributed by atoms with Crippen molar-refractivity contribution in [2.75, 3.05) is 0 Å². The summed E-state index contributed by atoms with van der Waals surface area (Å²) in [4.78, 5) is 8.31. The van der Waals surface area contributed by atoms with Gasteiger partial charge in [0, 0.05) is 0 Å². The summed E-state index contributed by atoms with van der Waals surface area (Å²) in [6.07, 6.45) is 0. The average molecular weight is 336 g/mol. The van der Waals surface area contributed by atoms with E-state index in [-0.39, 0.29) is 5.28 Å². The molecule has 94 valence electrons. The van der Waals surface area contributed by atoms with Crippen molar-refractivity contribution in [3.05, 3.63) is 58.3 Å². The highest BCUT2D eigenvalue weighted by atomic mass is 79.9. The second-order valence-electron chi connectivity index (χ2n) is 3.85. The van der Waals surface area contributed by atoms with Gasteiger partial charge in [0.05, 0.1) is 15.4 Å². The highest BCUT2D eigenvalue weighted by Crippen LogP contribution is 2.32. The van der Waals surface area contributed by atoms with Gasteiger partial charge in [0.2, 0.25) is 11.2 Å². The number of ether oxygens (including phenoxy) is 1. The molecule has 0 saturated heterocycles. The molecule has 0 aliphatic rings. The summed E-state index contributed by atoms with van der Waals surface area (Å²) in [5, 5.41) is 0.989. The highest BCUT2D eigenvalue weighted by Gasteiger charge is 2.09. The van der Waals surface area contributed by atoms with Gasteiger partial charge in [0.1, 0.15) is 5.75 Å². The fraction of sp³-hybridized carbons (Fsp3) is 0. The number of rotatable bonds is 2. The highest BCUT2D eigenvalue weighted by molar-refractivity contribution is 9.10. The van der Waals surface area contributed by atoms with E-state index in [0.29, 0.717) is 11.6 Å². The number of nitrogens with zero attached hydrogens (tertiary/aromatic N) is 2. The van der Waals surface area contributed by atoms with Crippen molar-refractivity contribution in [1.29, 1.82) is 0 Å². The van der Waals surface area contributed by atoms with Crippen LogP contribution in [-0.2, 0) is 0 Å². The summed E-state index contributed by atoms with van der Waals surface area (Å²) in [5.74, 6) is 1.13. The standard InChI is InChI=1S/C14H8BrClN2O/c15-10-6-2-4-8-12(10)19-13-9-5-1-3-7-11(9)17-14(16)18-13/h1-8H. The summed E-state index contributed by atoms with van der Waals surface area (Å²) in [7, 11) is 0. The molecule has 19 heavy (non-hydrogen) atoms. The Hall–Kier alpha value is -1.65. The maximum absolute atomic E-state index is 5.92. The largest absolute Gasteiger partial charge is 0.437 e. The van der Waals surface area contributed by atoms with Crippen molar-refractivity contribution in [3.63, 3.8) is 0 Å². The first-order chi connectivity index (χ1) is 9.24. The van der Waals surface area contributed by atoms with Crippen LogP contribution < -0.4 is 4.74 Å². The van der Waals surface area contributed by atoms with E-state index in [2.05, 4.69) is 25.9 Å². The first-order valence-electron chi connectivity index (χ1n) is 5.59. The zero-order valence-electron chi connectivity index (χ0n) is 9.68. The molecule has 5 heteroatoms. The van der Waals surface area contributed by atoms with Crippen molar-refractivity contribution in [3.8, 4) is 11.6 Å². The maximum Gasteiger partial charge on any atom is 0.231 e. The van der Waals surface area contributed by atoms with Gasteiger partial charge in [0.15, 0.2) is 0 Å². The Kier molecular flexibility index (Phi) is 3.36. The monoisotopic (exact) mass is 334 g/mol. The molecule has 0 N–H and O–H groups in total. The molecule has 0 bridgehead atoms. The molecule has 0 aliphatic carbocycles. The second kappa shape index (κ2) is 5.15. The minimum Gasteiger partial charge on any atom is -0.437 e. The Bertz CT molecular complexity index is 748. The number of para-hydroxylation sites is 2. The van der Waals surface area contributed by atoms with Gasteiger partial charge in [-0.05, 0) is 51.8 Å². The van der Waals surface area contributed by atoms with Crippen molar-refractivity contribution in [2.24, 2.45) is 0 Å². The zero-order valence-corrected chi connectivity index (χ0v) is 12.0. The van der Waals surface area contributed by atoms with Gasteiger partial charge in [-0.15, -0.1) is 0 Å². The lowest BCUT2D eigenvalue weighted by Crippen LogP contribution is -1.93. The molecule has 0 spiro atoms. The Balaban J connectivity index is 2.13. The summed E-state index contributed by atoms with van der Waals surface area (Å²) in [5.41, 5.74) is 0.754. The van der Waals surface area contributed by atoms with E-state index in [1.54, 1.807) is 0 Å². The van der Waals surface area contributed by atoms with Crippen LogP contribution in [0.4, 0.5) is 0 Å². The first-order valence-corrected chi connectivity index (χ1v) is 6.76. The van der Waals surface area contributed by atoms with Gasteiger partial charge < -0.3 is 4.74 Å². The lowest BCUT2D eigenvalue weighted by Gasteiger charge is -2.09. The van der Waals surface area contributed by atoms with Crippen LogP contribution in [-0.4, -0.2) is 9.97 Å². The van der Waals surface area contributed by atoms with Crippen LogP contribution in [0.3, 0.4) is 0 Å². The molecule has 0 atom stereocenters. The lowest BCUT2D eigenvalue weighted by molar-refractivity contribution is 0.465. The molecule has 1 aromatic heterocycles. The topological polar surface area (TPSA) is 35.0 Å². The van der Waals surface area contributed by atoms with Gasteiger partial charge in [-0.2, -0.15) is 4.98 Å². The first kappa shape index (κ1) is 12.4. The van der Waals surface area contributed by atoms with E-state index in [1.807, 2.05) is 48.5 Å². The smallest absolute Gasteiger partial charge is 0.231 e.